The van der Waals surface area contributed by atoms with E-state index < -0.39 is 0 Å². The number of rotatable bonds is 2. The van der Waals surface area contributed by atoms with Crippen LogP contribution < -0.4 is 4.90 Å². The van der Waals surface area contributed by atoms with Gasteiger partial charge in [-0.3, -0.25) is 14.7 Å². The molecule has 1 aliphatic heterocycles. The number of nitrogens with zero attached hydrogens (tertiary/aromatic N) is 3. The van der Waals surface area contributed by atoms with Crippen LogP contribution in [0.3, 0.4) is 0 Å². The number of carbonyl (C=O) groups excluding carboxylic acids is 2. The van der Waals surface area contributed by atoms with Crippen LogP contribution in [0, 0.1) is 0 Å². The fourth-order valence-electron chi connectivity index (χ4n) is 3.33. The third-order valence-corrected chi connectivity index (χ3v) is 5.11. The fraction of sp³-hybridized carbons (Fsp3) is 0. The standard InChI is InChI=1S/C20H11BrN4O2/c21-12-6-8-13(9-7-12)25-19(26)14-10-22-18-16(15(14)20(25)27)17(23-24-18)11-4-2-1-3-5-11/h1-10H,(H,22,23,24). The van der Waals surface area contributed by atoms with E-state index in [1.54, 1.807) is 24.3 Å². The molecule has 0 fully saturated rings. The number of nitrogens with one attached hydrogen (secondary N) is 1. The molecule has 0 saturated heterocycles. The molecule has 130 valence electrons. The van der Waals surface area contributed by atoms with Gasteiger partial charge in [0.1, 0.15) is 0 Å². The summed E-state index contributed by atoms with van der Waals surface area (Å²) >= 11 is 3.36. The SMILES string of the molecule is O=C1c2cnc3n[nH]c(-c4ccccc4)c3c2C(=O)N1c1ccc(Br)cc1. The summed E-state index contributed by atoms with van der Waals surface area (Å²) < 4.78 is 0.869. The van der Waals surface area contributed by atoms with Crippen LogP contribution in [0.15, 0.2) is 65.3 Å². The van der Waals surface area contributed by atoms with Crippen LogP contribution in [0.5, 0.6) is 0 Å². The molecule has 1 aliphatic rings. The van der Waals surface area contributed by atoms with Crippen molar-refractivity contribution in [3.63, 3.8) is 0 Å². The molecule has 27 heavy (non-hydrogen) atoms. The highest BCUT2D eigenvalue weighted by Gasteiger charge is 2.39. The number of pyridine rings is 1. The third-order valence-electron chi connectivity index (χ3n) is 4.58. The summed E-state index contributed by atoms with van der Waals surface area (Å²) in [6, 6.07) is 16.6. The van der Waals surface area contributed by atoms with Crippen LogP contribution in [0.1, 0.15) is 20.7 Å². The van der Waals surface area contributed by atoms with Crippen LogP contribution in [0.4, 0.5) is 5.69 Å². The van der Waals surface area contributed by atoms with Gasteiger partial charge in [-0.2, -0.15) is 5.10 Å². The molecule has 0 unspecified atom stereocenters. The van der Waals surface area contributed by atoms with E-state index in [1.807, 2.05) is 30.3 Å². The number of benzene rings is 2. The highest BCUT2D eigenvalue weighted by atomic mass is 79.9. The van der Waals surface area contributed by atoms with Gasteiger partial charge in [0.05, 0.1) is 27.9 Å². The van der Waals surface area contributed by atoms with Crippen molar-refractivity contribution in [2.75, 3.05) is 4.90 Å². The zero-order valence-electron chi connectivity index (χ0n) is 13.8. The van der Waals surface area contributed by atoms with Crippen molar-refractivity contribution in [3.8, 4) is 11.3 Å². The number of hydrogen-bond acceptors (Lipinski definition) is 4. The maximum absolute atomic E-state index is 13.2. The molecule has 0 saturated carbocycles. The lowest BCUT2D eigenvalue weighted by atomic mass is 10.0. The molecule has 0 bridgehead atoms. The number of carbonyl (C=O) groups is 2. The van der Waals surface area contributed by atoms with E-state index >= 15 is 0 Å². The Morgan fingerprint density at radius 3 is 2.41 bits per heavy atom. The minimum Gasteiger partial charge on any atom is -0.275 e. The molecule has 1 N–H and O–H groups in total. The minimum absolute atomic E-state index is 0.286. The van der Waals surface area contributed by atoms with E-state index in [1.165, 1.54) is 11.1 Å². The predicted molar refractivity (Wildman–Crippen MR) is 105 cm³/mol. The number of H-pyrrole nitrogens is 1. The Morgan fingerprint density at radius 1 is 0.926 bits per heavy atom. The quantitative estimate of drug-likeness (QED) is 0.495. The number of aromatic nitrogens is 3. The van der Waals surface area contributed by atoms with Crippen molar-refractivity contribution in [2.45, 2.75) is 0 Å². The maximum atomic E-state index is 13.2. The average molecular weight is 419 g/mol. The van der Waals surface area contributed by atoms with Gasteiger partial charge in [-0.1, -0.05) is 46.3 Å². The van der Waals surface area contributed by atoms with Gasteiger partial charge in [0.25, 0.3) is 11.8 Å². The van der Waals surface area contributed by atoms with E-state index in [2.05, 4.69) is 31.1 Å². The summed E-state index contributed by atoms with van der Waals surface area (Å²) in [6.07, 6.45) is 1.42. The van der Waals surface area contributed by atoms with Crippen LogP contribution >= 0.6 is 15.9 Å². The smallest absolute Gasteiger partial charge is 0.267 e. The predicted octanol–water partition coefficient (Wildman–Crippen LogP) is 4.19. The number of fused-ring (bicyclic) bond motifs is 3. The van der Waals surface area contributed by atoms with E-state index in [0.717, 1.165) is 10.0 Å². The largest absolute Gasteiger partial charge is 0.275 e. The first kappa shape index (κ1) is 15.9. The van der Waals surface area contributed by atoms with Crippen molar-refractivity contribution < 1.29 is 9.59 Å². The van der Waals surface area contributed by atoms with Crippen molar-refractivity contribution in [1.82, 2.24) is 15.2 Å². The summed E-state index contributed by atoms with van der Waals surface area (Å²) in [5.41, 5.74) is 3.09. The second-order valence-corrected chi connectivity index (χ2v) is 7.05. The molecule has 4 aromatic rings. The molecule has 2 aromatic heterocycles. The summed E-state index contributed by atoms with van der Waals surface area (Å²) in [5.74, 6) is -0.754. The molecule has 5 rings (SSSR count). The molecule has 0 spiro atoms. The molecule has 0 atom stereocenters. The maximum Gasteiger partial charge on any atom is 0.267 e. The Labute approximate surface area is 162 Å². The molecule has 0 aliphatic carbocycles. The first-order valence-electron chi connectivity index (χ1n) is 8.22. The first-order valence-corrected chi connectivity index (χ1v) is 9.01. The number of anilines is 1. The molecule has 2 amide bonds. The van der Waals surface area contributed by atoms with Gasteiger partial charge in [0.2, 0.25) is 0 Å². The average Bonchev–Trinajstić information content (AvgIpc) is 3.23. The molecule has 6 nitrogen and oxygen atoms in total. The van der Waals surface area contributed by atoms with Gasteiger partial charge in [-0.05, 0) is 24.3 Å². The fourth-order valence-corrected chi connectivity index (χ4v) is 3.60. The van der Waals surface area contributed by atoms with Gasteiger partial charge < -0.3 is 0 Å². The van der Waals surface area contributed by atoms with Crippen LogP contribution in [-0.2, 0) is 0 Å². The van der Waals surface area contributed by atoms with E-state index in [4.69, 9.17) is 0 Å². The molecular formula is C20H11BrN4O2. The number of aromatic amines is 1. The topological polar surface area (TPSA) is 79.0 Å². The van der Waals surface area contributed by atoms with Crippen molar-refractivity contribution >= 4 is 44.5 Å². The summed E-state index contributed by atoms with van der Waals surface area (Å²) in [5, 5.41) is 7.74. The normalized spacial score (nSPS) is 13.4. The Bertz CT molecular complexity index is 1220. The number of imide groups is 1. The van der Waals surface area contributed by atoms with Crippen LogP contribution in [0.25, 0.3) is 22.3 Å². The summed E-state index contributed by atoms with van der Waals surface area (Å²) in [4.78, 5) is 31.6. The zero-order chi connectivity index (χ0) is 18.5. The Morgan fingerprint density at radius 2 is 1.67 bits per heavy atom. The third kappa shape index (κ3) is 2.32. The first-order chi connectivity index (χ1) is 13.1. The van der Waals surface area contributed by atoms with E-state index in [-0.39, 0.29) is 17.4 Å². The number of halogens is 1. The lowest BCUT2D eigenvalue weighted by molar-refractivity contribution is 0.0926. The lowest BCUT2D eigenvalue weighted by Crippen LogP contribution is -2.29. The Kier molecular flexibility index (Phi) is 3.45. The number of hydrogen-bond donors (Lipinski definition) is 1. The highest BCUT2D eigenvalue weighted by molar-refractivity contribution is 9.10. The van der Waals surface area contributed by atoms with E-state index in [0.29, 0.717) is 28.0 Å². The van der Waals surface area contributed by atoms with Crippen LogP contribution in [0.2, 0.25) is 0 Å². The molecule has 7 heteroatoms. The summed E-state index contributed by atoms with van der Waals surface area (Å²) in [6.45, 7) is 0. The van der Waals surface area contributed by atoms with E-state index in [9.17, 15) is 9.59 Å². The van der Waals surface area contributed by atoms with Gasteiger partial charge in [0.15, 0.2) is 5.65 Å². The highest BCUT2D eigenvalue weighted by Crippen LogP contribution is 2.36. The molecule has 0 radical (unpaired) electrons. The van der Waals surface area contributed by atoms with Crippen molar-refractivity contribution in [2.24, 2.45) is 0 Å². The van der Waals surface area contributed by atoms with Crippen LogP contribution in [-0.4, -0.2) is 27.0 Å². The van der Waals surface area contributed by atoms with Gasteiger partial charge in [0, 0.05) is 16.2 Å². The lowest BCUT2D eigenvalue weighted by Gasteiger charge is -2.13. The molecule has 2 aromatic carbocycles. The molecular weight excluding hydrogens is 408 g/mol. The number of amides is 2. The Balaban J connectivity index is 1.74. The summed E-state index contributed by atoms with van der Waals surface area (Å²) in [7, 11) is 0. The molecule has 3 heterocycles. The second-order valence-electron chi connectivity index (χ2n) is 6.13. The van der Waals surface area contributed by atoms with Crippen molar-refractivity contribution in [1.29, 1.82) is 0 Å². The van der Waals surface area contributed by atoms with Gasteiger partial charge in [-0.25, -0.2) is 9.88 Å². The monoisotopic (exact) mass is 418 g/mol. The minimum atomic E-state index is -0.382. The van der Waals surface area contributed by atoms with Gasteiger partial charge in [-0.15, -0.1) is 0 Å². The van der Waals surface area contributed by atoms with Gasteiger partial charge >= 0.3 is 0 Å². The second kappa shape index (κ2) is 5.85. The Hall–Kier alpha value is -3.32. The van der Waals surface area contributed by atoms with Crippen molar-refractivity contribution in [3.05, 3.63) is 76.4 Å². The zero-order valence-corrected chi connectivity index (χ0v) is 15.4.